The summed E-state index contributed by atoms with van der Waals surface area (Å²) in [5, 5.41) is 20.9. The molecule has 0 spiro atoms. The SMILES string of the molecule is CC(C)(C)Oc1cc(O)cc(OC(C)(C)C)c1S(=O)(=O)c1c(OC(C)(C)C)cc(O)cc1OC(C)(C)C. The molecule has 208 valence electrons. The number of ether oxygens (including phenoxy) is 4. The van der Waals surface area contributed by atoms with E-state index in [1.807, 2.05) is 0 Å². The molecule has 0 saturated carbocycles. The second kappa shape index (κ2) is 9.82. The van der Waals surface area contributed by atoms with E-state index in [0.717, 1.165) is 0 Å². The molecular formula is C28H42O8S. The Morgan fingerprint density at radius 3 is 0.838 bits per heavy atom. The Kier molecular flexibility index (Phi) is 8.07. The number of phenolic OH excluding ortho intramolecular Hbond substituents is 2. The van der Waals surface area contributed by atoms with Crippen molar-refractivity contribution in [1.82, 2.24) is 0 Å². The highest BCUT2D eigenvalue weighted by Gasteiger charge is 2.38. The molecule has 2 N–H and O–H groups in total. The van der Waals surface area contributed by atoms with Crippen molar-refractivity contribution >= 4 is 9.84 Å². The Labute approximate surface area is 221 Å². The van der Waals surface area contributed by atoms with Crippen molar-refractivity contribution < 1.29 is 37.6 Å². The summed E-state index contributed by atoms with van der Waals surface area (Å²) >= 11 is 0. The van der Waals surface area contributed by atoms with Crippen LogP contribution in [0.3, 0.4) is 0 Å². The Bertz CT molecular complexity index is 1070. The van der Waals surface area contributed by atoms with Crippen LogP contribution in [0, 0.1) is 0 Å². The van der Waals surface area contributed by atoms with Crippen LogP contribution < -0.4 is 18.9 Å². The fraction of sp³-hybridized carbons (Fsp3) is 0.571. The number of phenols is 2. The van der Waals surface area contributed by atoms with Crippen molar-refractivity contribution in [3.63, 3.8) is 0 Å². The van der Waals surface area contributed by atoms with Crippen LogP contribution in [0.25, 0.3) is 0 Å². The third-order valence-corrected chi connectivity index (χ3v) is 6.09. The van der Waals surface area contributed by atoms with Crippen LogP contribution in [0.1, 0.15) is 83.1 Å². The van der Waals surface area contributed by atoms with Gasteiger partial charge in [0.25, 0.3) is 0 Å². The van der Waals surface area contributed by atoms with Crippen LogP contribution in [-0.2, 0) is 9.84 Å². The third kappa shape index (κ3) is 8.62. The maximum atomic E-state index is 14.6. The van der Waals surface area contributed by atoms with Crippen LogP contribution in [0.4, 0.5) is 0 Å². The summed E-state index contributed by atoms with van der Waals surface area (Å²) in [4.78, 5) is -0.586. The van der Waals surface area contributed by atoms with Crippen molar-refractivity contribution in [2.75, 3.05) is 0 Å². The lowest BCUT2D eigenvalue weighted by atomic mass is 10.1. The van der Waals surface area contributed by atoms with Crippen LogP contribution in [0.2, 0.25) is 0 Å². The van der Waals surface area contributed by atoms with Gasteiger partial charge < -0.3 is 29.2 Å². The van der Waals surface area contributed by atoms with E-state index in [4.69, 9.17) is 18.9 Å². The molecule has 0 aliphatic rings. The standard InChI is InChI=1S/C28H42O8S/c1-25(2,3)33-19-13-17(29)14-20(34-26(4,5)6)23(19)37(31,32)24-21(35-27(7,8)9)15-18(30)16-22(24)36-28(10,11)12/h13-16,29-30H,1-12H3. The quantitative estimate of drug-likeness (QED) is 0.421. The van der Waals surface area contributed by atoms with E-state index >= 15 is 0 Å². The van der Waals surface area contributed by atoms with Crippen LogP contribution in [0.15, 0.2) is 34.1 Å². The minimum atomic E-state index is -4.51. The van der Waals surface area contributed by atoms with Gasteiger partial charge in [0.1, 0.15) is 56.9 Å². The zero-order valence-corrected chi connectivity index (χ0v) is 24.9. The zero-order chi connectivity index (χ0) is 28.8. The van der Waals surface area contributed by atoms with E-state index in [-0.39, 0.29) is 44.3 Å². The number of aromatic hydroxyl groups is 2. The first kappa shape index (κ1) is 30.4. The fourth-order valence-electron chi connectivity index (χ4n) is 3.38. The van der Waals surface area contributed by atoms with Gasteiger partial charge in [-0.1, -0.05) is 0 Å². The van der Waals surface area contributed by atoms with E-state index in [1.54, 1.807) is 83.1 Å². The molecule has 0 heterocycles. The van der Waals surface area contributed by atoms with E-state index < -0.39 is 32.2 Å². The van der Waals surface area contributed by atoms with Gasteiger partial charge in [-0.2, -0.15) is 0 Å². The predicted molar refractivity (Wildman–Crippen MR) is 143 cm³/mol. The first-order chi connectivity index (χ1) is 16.4. The van der Waals surface area contributed by atoms with Crippen molar-refractivity contribution in [3.05, 3.63) is 24.3 Å². The summed E-state index contributed by atoms with van der Waals surface area (Å²) in [6, 6.07) is 4.95. The second-order valence-electron chi connectivity index (χ2n) is 12.9. The molecule has 2 aromatic rings. The zero-order valence-electron chi connectivity index (χ0n) is 24.1. The van der Waals surface area contributed by atoms with E-state index in [0.29, 0.717) is 0 Å². The lowest BCUT2D eigenvalue weighted by Crippen LogP contribution is -2.28. The molecule has 0 fully saturated rings. The molecule has 0 aliphatic carbocycles. The summed E-state index contributed by atoms with van der Waals surface area (Å²) in [6.07, 6.45) is 0. The minimum Gasteiger partial charge on any atom is -0.508 e. The van der Waals surface area contributed by atoms with Crippen LogP contribution in [0.5, 0.6) is 34.5 Å². The van der Waals surface area contributed by atoms with Gasteiger partial charge in [0.05, 0.1) is 0 Å². The molecule has 8 nitrogen and oxygen atoms in total. The van der Waals surface area contributed by atoms with Crippen molar-refractivity contribution in [2.45, 2.75) is 115 Å². The monoisotopic (exact) mass is 538 g/mol. The van der Waals surface area contributed by atoms with E-state index in [9.17, 15) is 18.6 Å². The molecule has 0 aliphatic heterocycles. The molecule has 0 amide bonds. The first-order valence-electron chi connectivity index (χ1n) is 12.1. The normalized spacial score (nSPS) is 13.3. The Hall–Kier alpha value is -2.81. The molecule has 0 atom stereocenters. The highest BCUT2D eigenvalue weighted by atomic mass is 32.2. The minimum absolute atomic E-state index is 0.0942. The molecule has 2 rings (SSSR count). The van der Waals surface area contributed by atoms with Gasteiger partial charge in [-0.3, -0.25) is 0 Å². The van der Waals surface area contributed by atoms with Gasteiger partial charge in [-0.05, 0) is 83.1 Å². The largest absolute Gasteiger partial charge is 0.508 e. The smallest absolute Gasteiger partial charge is 0.221 e. The summed E-state index contributed by atoms with van der Waals surface area (Å²) in [5.74, 6) is -0.820. The van der Waals surface area contributed by atoms with Gasteiger partial charge in [-0.15, -0.1) is 0 Å². The van der Waals surface area contributed by atoms with Crippen molar-refractivity contribution in [3.8, 4) is 34.5 Å². The number of hydrogen-bond acceptors (Lipinski definition) is 8. The molecule has 0 saturated heterocycles. The summed E-state index contributed by atoms with van der Waals surface area (Å²) in [5.41, 5.74) is -3.22. The average Bonchev–Trinajstić information content (AvgIpc) is 2.53. The Morgan fingerprint density at radius 2 is 0.676 bits per heavy atom. The molecule has 0 aromatic heterocycles. The predicted octanol–water partition coefficient (Wildman–Crippen LogP) is 6.64. The molecule has 0 radical (unpaired) electrons. The van der Waals surface area contributed by atoms with Gasteiger partial charge in [-0.25, -0.2) is 8.42 Å². The van der Waals surface area contributed by atoms with Crippen molar-refractivity contribution in [1.29, 1.82) is 0 Å². The number of benzene rings is 2. The van der Waals surface area contributed by atoms with Crippen molar-refractivity contribution in [2.24, 2.45) is 0 Å². The van der Waals surface area contributed by atoms with E-state index in [1.165, 1.54) is 24.3 Å². The Balaban J connectivity index is 3.07. The first-order valence-corrected chi connectivity index (χ1v) is 13.6. The molecular weight excluding hydrogens is 496 g/mol. The number of rotatable bonds is 6. The highest BCUT2D eigenvalue weighted by Crippen LogP contribution is 2.49. The van der Waals surface area contributed by atoms with Gasteiger partial charge >= 0.3 is 0 Å². The fourth-order valence-corrected chi connectivity index (χ4v) is 5.05. The topological polar surface area (TPSA) is 112 Å². The molecule has 0 bridgehead atoms. The van der Waals surface area contributed by atoms with Gasteiger partial charge in [0, 0.05) is 24.3 Å². The molecule has 0 unspecified atom stereocenters. The summed E-state index contributed by atoms with van der Waals surface area (Å²) in [7, 11) is -4.51. The maximum absolute atomic E-state index is 14.6. The number of hydrogen-bond donors (Lipinski definition) is 2. The van der Waals surface area contributed by atoms with Gasteiger partial charge in [0.2, 0.25) is 9.84 Å². The lowest BCUT2D eigenvalue weighted by molar-refractivity contribution is 0.111. The van der Waals surface area contributed by atoms with Crippen LogP contribution in [-0.4, -0.2) is 41.0 Å². The lowest BCUT2D eigenvalue weighted by Gasteiger charge is -2.30. The number of sulfone groups is 1. The summed E-state index contributed by atoms with van der Waals surface area (Å²) < 4.78 is 53.3. The van der Waals surface area contributed by atoms with Crippen LogP contribution >= 0.6 is 0 Å². The molecule has 37 heavy (non-hydrogen) atoms. The molecule has 9 heteroatoms. The molecule has 2 aromatic carbocycles. The highest BCUT2D eigenvalue weighted by molar-refractivity contribution is 7.92. The second-order valence-corrected chi connectivity index (χ2v) is 14.7. The Morgan fingerprint density at radius 1 is 0.486 bits per heavy atom. The third-order valence-electron chi connectivity index (χ3n) is 4.21. The maximum Gasteiger partial charge on any atom is 0.221 e. The summed E-state index contributed by atoms with van der Waals surface area (Å²) in [6.45, 7) is 21.2. The van der Waals surface area contributed by atoms with Gasteiger partial charge in [0.15, 0.2) is 9.79 Å². The van der Waals surface area contributed by atoms with E-state index in [2.05, 4.69) is 0 Å². The average molecular weight is 539 g/mol.